The Morgan fingerprint density at radius 2 is 1.94 bits per heavy atom. The first kappa shape index (κ1) is 13.7. The SMILES string of the molecule is CCCOC1(C(C)=O)CCC(C(C)C)CC1. The summed E-state index contributed by atoms with van der Waals surface area (Å²) in [5.74, 6) is 1.73. The van der Waals surface area contributed by atoms with Crippen molar-refractivity contribution in [3.63, 3.8) is 0 Å². The average molecular weight is 226 g/mol. The molecule has 1 fully saturated rings. The van der Waals surface area contributed by atoms with E-state index in [2.05, 4.69) is 20.8 Å². The van der Waals surface area contributed by atoms with Crippen molar-refractivity contribution in [2.45, 2.75) is 65.4 Å². The molecule has 1 saturated carbocycles. The number of hydrogen-bond donors (Lipinski definition) is 0. The molecular weight excluding hydrogens is 200 g/mol. The molecule has 0 bridgehead atoms. The normalized spacial score (nSPS) is 30.7. The summed E-state index contributed by atoms with van der Waals surface area (Å²) in [7, 11) is 0. The number of hydrogen-bond acceptors (Lipinski definition) is 2. The number of carbonyl (C=O) groups excluding carboxylic acids is 1. The van der Waals surface area contributed by atoms with E-state index in [4.69, 9.17) is 4.74 Å². The zero-order chi connectivity index (χ0) is 12.2. The lowest BCUT2D eigenvalue weighted by Crippen LogP contribution is -2.44. The van der Waals surface area contributed by atoms with Gasteiger partial charge in [0.1, 0.15) is 5.60 Å². The first-order valence-electron chi connectivity index (χ1n) is 6.67. The molecule has 2 nitrogen and oxygen atoms in total. The molecule has 0 radical (unpaired) electrons. The number of carbonyl (C=O) groups is 1. The molecule has 0 unspecified atom stereocenters. The van der Waals surface area contributed by atoms with Crippen LogP contribution in [0, 0.1) is 11.8 Å². The predicted molar refractivity (Wildman–Crippen MR) is 66.5 cm³/mol. The molecule has 94 valence electrons. The van der Waals surface area contributed by atoms with Crippen LogP contribution in [0.3, 0.4) is 0 Å². The van der Waals surface area contributed by atoms with Gasteiger partial charge in [-0.1, -0.05) is 20.8 Å². The van der Waals surface area contributed by atoms with Gasteiger partial charge in [0.15, 0.2) is 5.78 Å². The van der Waals surface area contributed by atoms with Gasteiger partial charge in [0.25, 0.3) is 0 Å². The van der Waals surface area contributed by atoms with Crippen LogP contribution in [0.2, 0.25) is 0 Å². The van der Waals surface area contributed by atoms with Gasteiger partial charge in [-0.25, -0.2) is 0 Å². The summed E-state index contributed by atoms with van der Waals surface area (Å²) in [5.41, 5.74) is -0.443. The monoisotopic (exact) mass is 226 g/mol. The Morgan fingerprint density at radius 3 is 2.31 bits per heavy atom. The largest absolute Gasteiger partial charge is 0.367 e. The maximum atomic E-state index is 11.8. The molecule has 1 aliphatic carbocycles. The van der Waals surface area contributed by atoms with Gasteiger partial charge in [-0.3, -0.25) is 4.79 Å². The second-order valence-electron chi connectivity index (χ2n) is 5.48. The van der Waals surface area contributed by atoms with Crippen LogP contribution >= 0.6 is 0 Å². The van der Waals surface area contributed by atoms with Gasteiger partial charge in [0.05, 0.1) is 0 Å². The van der Waals surface area contributed by atoms with Crippen LogP contribution in [-0.2, 0) is 9.53 Å². The Bertz CT molecular complexity index is 225. The smallest absolute Gasteiger partial charge is 0.161 e. The zero-order valence-electron chi connectivity index (χ0n) is 11.2. The van der Waals surface area contributed by atoms with Gasteiger partial charge in [-0.05, 0) is 50.9 Å². The van der Waals surface area contributed by atoms with Crippen molar-refractivity contribution in [1.82, 2.24) is 0 Å². The third kappa shape index (κ3) is 3.07. The van der Waals surface area contributed by atoms with E-state index in [-0.39, 0.29) is 5.78 Å². The van der Waals surface area contributed by atoms with Crippen LogP contribution in [0.25, 0.3) is 0 Å². The highest BCUT2D eigenvalue weighted by Crippen LogP contribution is 2.38. The summed E-state index contributed by atoms with van der Waals surface area (Å²) in [5, 5.41) is 0. The molecule has 0 atom stereocenters. The molecule has 0 aromatic carbocycles. The predicted octanol–water partition coefficient (Wildman–Crippen LogP) is 3.59. The van der Waals surface area contributed by atoms with E-state index < -0.39 is 5.60 Å². The number of ketones is 1. The van der Waals surface area contributed by atoms with Crippen molar-refractivity contribution < 1.29 is 9.53 Å². The number of rotatable bonds is 5. The average Bonchev–Trinajstić information content (AvgIpc) is 2.26. The molecule has 0 aromatic rings. The topological polar surface area (TPSA) is 26.3 Å². The fourth-order valence-corrected chi connectivity index (χ4v) is 2.67. The molecule has 1 rings (SSSR count). The lowest BCUT2D eigenvalue weighted by atomic mass is 9.73. The second-order valence-corrected chi connectivity index (χ2v) is 5.48. The van der Waals surface area contributed by atoms with E-state index in [0.717, 1.165) is 43.9 Å². The standard InChI is InChI=1S/C14H26O2/c1-5-10-16-14(12(4)15)8-6-13(7-9-14)11(2)3/h11,13H,5-10H2,1-4H3. The Morgan fingerprint density at radius 1 is 1.38 bits per heavy atom. The van der Waals surface area contributed by atoms with Gasteiger partial charge in [-0.15, -0.1) is 0 Å². The van der Waals surface area contributed by atoms with Crippen molar-refractivity contribution in [2.24, 2.45) is 11.8 Å². The minimum Gasteiger partial charge on any atom is -0.367 e. The third-order valence-corrected chi connectivity index (χ3v) is 4.00. The summed E-state index contributed by atoms with van der Waals surface area (Å²) < 4.78 is 5.86. The van der Waals surface area contributed by atoms with Crippen molar-refractivity contribution in [3.05, 3.63) is 0 Å². The highest BCUT2D eigenvalue weighted by molar-refractivity contribution is 5.85. The lowest BCUT2D eigenvalue weighted by molar-refractivity contribution is -0.149. The number of ether oxygens (including phenoxy) is 1. The first-order chi connectivity index (χ1) is 7.52. The highest BCUT2D eigenvalue weighted by Gasteiger charge is 2.40. The molecule has 1 aliphatic rings. The molecule has 16 heavy (non-hydrogen) atoms. The Labute approximate surface area is 99.8 Å². The first-order valence-corrected chi connectivity index (χ1v) is 6.67. The maximum Gasteiger partial charge on any atom is 0.161 e. The van der Waals surface area contributed by atoms with Crippen molar-refractivity contribution in [2.75, 3.05) is 6.61 Å². The van der Waals surface area contributed by atoms with Crippen LogP contribution in [0.1, 0.15) is 59.8 Å². The van der Waals surface area contributed by atoms with Crippen LogP contribution in [0.4, 0.5) is 0 Å². The van der Waals surface area contributed by atoms with Gasteiger partial charge in [0, 0.05) is 6.61 Å². The van der Waals surface area contributed by atoms with E-state index in [9.17, 15) is 4.79 Å². The van der Waals surface area contributed by atoms with Crippen molar-refractivity contribution in [3.8, 4) is 0 Å². The molecule has 0 aromatic heterocycles. The van der Waals surface area contributed by atoms with Crippen LogP contribution in [0.15, 0.2) is 0 Å². The third-order valence-electron chi connectivity index (χ3n) is 4.00. The molecule has 2 heteroatoms. The van der Waals surface area contributed by atoms with Crippen LogP contribution in [-0.4, -0.2) is 18.0 Å². The molecule has 0 heterocycles. The van der Waals surface area contributed by atoms with Gasteiger partial charge in [-0.2, -0.15) is 0 Å². The summed E-state index contributed by atoms with van der Waals surface area (Å²) in [6.45, 7) is 9.04. The quantitative estimate of drug-likeness (QED) is 0.716. The van der Waals surface area contributed by atoms with E-state index in [1.807, 2.05) is 0 Å². The minimum absolute atomic E-state index is 0.225. The van der Waals surface area contributed by atoms with E-state index >= 15 is 0 Å². The summed E-state index contributed by atoms with van der Waals surface area (Å²) in [6.07, 6.45) is 5.11. The van der Waals surface area contributed by atoms with Crippen molar-refractivity contribution in [1.29, 1.82) is 0 Å². The van der Waals surface area contributed by atoms with Crippen LogP contribution < -0.4 is 0 Å². The summed E-state index contributed by atoms with van der Waals surface area (Å²) in [4.78, 5) is 11.8. The Kier molecular flexibility index (Phi) is 4.97. The second kappa shape index (κ2) is 5.81. The fraction of sp³-hybridized carbons (Fsp3) is 0.929. The van der Waals surface area contributed by atoms with Crippen LogP contribution in [0.5, 0.6) is 0 Å². The maximum absolute atomic E-state index is 11.8. The lowest BCUT2D eigenvalue weighted by Gasteiger charge is -2.39. The van der Waals surface area contributed by atoms with E-state index in [1.165, 1.54) is 0 Å². The summed E-state index contributed by atoms with van der Waals surface area (Å²) in [6, 6.07) is 0. The molecule has 0 aliphatic heterocycles. The van der Waals surface area contributed by atoms with Gasteiger partial charge in [0.2, 0.25) is 0 Å². The molecule has 0 N–H and O–H groups in total. The molecule has 0 amide bonds. The molecule has 0 spiro atoms. The summed E-state index contributed by atoms with van der Waals surface area (Å²) >= 11 is 0. The molecular formula is C14H26O2. The Balaban J connectivity index is 2.59. The van der Waals surface area contributed by atoms with Crippen molar-refractivity contribution >= 4 is 5.78 Å². The fourth-order valence-electron chi connectivity index (χ4n) is 2.67. The number of Topliss-reactive ketones (excluding diaryl/α,β-unsaturated/α-hetero) is 1. The van der Waals surface area contributed by atoms with E-state index in [0.29, 0.717) is 6.61 Å². The van der Waals surface area contributed by atoms with Gasteiger partial charge >= 0.3 is 0 Å². The van der Waals surface area contributed by atoms with Gasteiger partial charge < -0.3 is 4.74 Å². The van der Waals surface area contributed by atoms with E-state index in [1.54, 1.807) is 6.92 Å². The minimum atomic E-state index is -0.443. The Hall–Kier alpha value is -0.370. The zero-order valence-corrected chi connectivity index (χ0v) is 11.2. The highest BCUT2D eigenvalue weighted by atomic mass is 16.5. The molecule has 0 saturated heterocycles.